The maximum Gasteiger partial charge on any atom is 0.306 e. The van der Waals surface area contributed by atoms with Gasteiger partial charge in [-0.05, 0) is 0 Å². The van der Waals surface area contributed by atoms with Crippen LogP contribution in [-0.2, 0) is 9.53 Å². The quantitative estimate of drug-likeness (QED) is 0.623. The Balaban J connectivity index is 2.43. The van der Waals surface area contributed by atoms with Crippen LogP contribution in [0.15, 0.2) is 0 Å². The molecule has 0 aromatic rings. The Morgan fingerprint density at radius 2 is 2.50 bits per heavy atom. The highest BCUT2D eigenvalue weighted by molar-refractivity contribution is 5.68. The summed E-state index contributed by atoms with van der Waals surface area (Å²) in [6, 6.07) is 0. The molecule has 1 rings (SSSR count). The molecule has 3 nitrogen and oxygen atoms in total. The van der Waals surface area contributed by atoms with Crippen LogP contribution in [-0.4, -0.2) is 30.0 Å². The molecular formula is C6H9FO3. The van der Waals surface area contributed by atoms with Crippen molar-refractivity contribution in [2.75, 3.05) is 13.2 Å². The van der Waals surface area contributed by atoms with Gasteiger partial charge in [-0.3, -0.25) is 4.79 Å². The van der Waals surface area contributed by atoms with Gasteiger partial charge >= 0.3 is 5.97 Å². The monoisotopic (exact) mass is 148 g/mol. The van der Waals surface area contributed by atoms with Crippen LogP contribution in [0.1, 0.15) is 12.8 Å². The Morgan fingerprint density at radius 1 is 1.80 bits per heavy atom. The first-order chi connectivity index (χ1) is 4.62. The van der Waals surface area contributed by atoms with Gasteiger partial charge in [-0.15, -0.1) is 0 Å². The third-order valence-electron chi connectivity index (χ3n) is 1.52. The van der Waals surface area contributed by atoms with Crippen molar-refractivity contribution in [2.45, 2.75) is 18.5 Å². The molecule has 0 amide bonds. The number of ether oxygens (including phenoxy) is 1. The molecule has 0 spiro atoms. The van der Waals surface area contributed by atoms with E-state index >= 15 is 0 Å². The second-order valence-electron chi connectivity index (χ2n) is 2.52. The number of hydrogen-bond donors (Lipinski definition) is 1. The van der Waals surface area contributed by atoms with E-state index in [-0.39, 0.29) is 13.0 Å². The lowest BCUT2D eigenvalue weighted by molar-refractivity contribution is -0.140. The molecule has 0 saturated carbocycles. The van der Waals surface area contributed by atoms with Crippen molar-refractivity contribution in [1.82, 2.24) is 0 Å². The van der Waals surface area contributed by atoms with Crippen LogP contribution in [0.3, 0.4) is 0 Å². The van der Waals surface area contributed by atoms with E-state index in [1.54, 1.807) is 0 Å². The molecule has 1 fully saturated rings. The lowest BCUT2D eigenvalue weighted by Gasteiger charge is -2.12. The van der Waals surface area contributed by atoms with Crippen LogP contribution < -0.4 is 0 Å². The fourth-order valence-electron chi connectivity index (χ4n) is 0.993. The number of halogens is 1. The summed E-state index contributed by atoms with van der Waals surface area (Å²) in [7, 11) is 0. The highest BCUT2D eigenvalue weighted by Crippen LogP contribution is 2.26. The number of hydrogen-bond acceptors (Lipinski definition) is 2. The third kappa shape index (κ3) is 1.67. The minimum Gasteiger partial charge on any atom is -0.481 e. The first-order valence-corrected chi connectivity index (χ1v) is 3.11. The highest BCUT2D eigenvalue weighted by atomic mass is 19.1. The number of rotatable bonds is 2. The smallest absolute Gasteiger partial charge is 0.306 e. The molecule has 58 valence electrons. The molecule has 1 aliphatic rings. The van der Waals surface area contributed by atoms with Crippen LogP contribution >= 0.6 is 0 Å². The summed E-state index contributed by atoms with van der Waals surface area (Å²) in [5.41, 5.74) is -1.61. The Kier molecular flexibility index (Phi) is 1.89. The summed E-state index contributed by atoms with van der Waals surface area (Å²) < 4.78 is 17.8. The summed E-state index contributed by atoms with van der Waals surface area (Å²) in [6.07, 6.45) is -0.230. The molecule has 4 heteroatoms. The highest BCUT2D eigenvalue weighted by Gasteiger charge is 2.36. The number of carbonyl (C=O) groups is 1. The molecule has 1 saturated heterocycles. The largest absolute Gasteiger partial charge is 0.481 e. The van der Waals surface area contributed by atoms with Crippen molar-refractivity contribution in [3.8, 4) is 0 Å². The van der Waals surface area contributed by atoms with Crippen molar-refractivity contribution in [1.29, 1.82) is 0 Å². The number of carboxylic acids is 1. The van der Waals surface area contributed by atoms with Gasteiger partial charge in [0.15, 0.2) is 0 Å². The molecule has 0 aromatic heterocycles. The molecule has 0 aliphatic carbocycles. The SMILES string of the molecule is O=C(O)CC1(F)CCOC1. The van der Waals surface area contributed by atoms with E-state index < -0.39 is 18.1 Å². The zero-order chi connectivity index (χ0) is 7.61. The van der Waals surface area contributed by atoms with Gasteiger partial charge in [0.1, 0.15) is 5.67 Å². The van der Waals surface area contributed by atoms with Gasteiger partial charge in [-0.1, -0.05) is 0 Å². The molecule has 10 heavy (non-hydrogen) atoms. The van der Waals surface area contributed by atoms with E-state index in [0.29, 0.717) is 6.61 Å². The summed E-state index contributed by atoms with van der Waals surface area (Å²) >= 11 is 0. The molecule has 1 atom stereocenters. The van der Waals surface area contributed by atoms with Gasteiger partial charge in [0.05, 0.1) is 13.0 Å². The van der Waals surface area contributed by atoms with Crippen LogP contribution in [0, 0.1) is 0 Å². The van der Waals surface area contributed by atoms with Crippen molar-refractivity contribution in [2.24, 2.45) is 0 Å². The third-order valence-corrected chi connectivity index (χ3v) is 1.52. The van der Waals surface area contributed by atoms with E-state index in [4.69, 9.17) is 9.84 Å². The van der Waals surface area contributed by atoms with Gasteiger partial charge in [-0.2, -0.15) is 0 Å². The average molecular weight is 148 g/mol. The van der Waals surface area contributed by atoms with E-state index in [1.807, 2.05) is 0 Å². The zero-order valence-electron chi connectivity index (χ0n) is 5.47. The van der Waals surface area contributed by atoms with Gasteiger partial charge < -0.3 is 9.84 Å². The van der Waals surface area contributed by atoms with Gasteiger partial charge in [-0.25, -0.2) is 4.39 Å². The topological polar surface area (TPSA) is 46.5 Å². The lowest BCUT2D eigenvalue weighted by Crippen LogP contribution is -2.26. The van der Waals surface area contributed by atoms with E-state index in [9.17, 15) is 9.18 Å². The van der Waals surface area contributed by atoms with Crippen molar-refractivity contribution in [3.63, 3.8) is 0 Å². The second kappa shape index (κ2) is 2.54. The first-order valence-electron chi connectivity index (χ1n) is 3.11. The Bertz CT molecular complexity index is 140. The molecule has 1 aliphatic heterocycles. The fourth-order valence-corrected chi connectivity index (χ4v) is 0.993. The minimum atomic E-state index is -1.61. The number of alkyl halides is 1. The average Bonchev–Trinajstić information content (AvgIpc) is 2.12. The van der Waals surface area contributed by atoms with E-state index in [0.717, 1.165) is 0 Å². The Labute approximate surface area is 57.8 Å². The fraction of sp³-hybridized carbons (Fsp3) is 0.833. The lowest BCUT2D eigenvalue weighted by atomic mass is 10.0. The van der Waals surface area contributed by atoms with Gasteiger partial charge in [0, 0.05) is 13.0 Å². The van der Waals surface area contributed by atoms with E-state index in [1.165, 1.54) is 0 Å². The first kappa shape index (κ1) is 7.47. The Morgan fingerprint density at radius 3 is 2.90 bits per heavy atom. The number of carboxylic acid groups (broad SMARTS) is 1. The second-order valence-corrected chi connectivity index (χ2v) is 2.52. The predicted octanol–water partition coefficient (Wildman–Crippen LogP) is 0.590. The molecule has 0 aromatic carbocycles. The minimum absolute atomic E-state index is 0.0701. The van der Waals surface area contributed by atoms with Crippen molar-refractivity contribution >= 4 is 5.97 Å². The van der Waals surface area contributed by atoms with Crippen molar-refractivity contribution < 1.29 is 19.0 Å². The molecule has 0 radical (unpaired) electrons. The summed E-state index contributed by atoms with van der Waals surface area (Å²) in [5, 5.41) is 8.24. The normalized spacial score (nSPS) is 32.5. The summed E-state index contributed by atoms with van der Waals surface area (Å²) in [6.45, 7) is 0.267. The standard InChI is InChI=1S/C6H9FO3/c7-6(3-5(8)9)1-2-10-4-6/h1-4H2,(H,8,9). The zero-order valence-corrected chi connectivity index (χ0v) is 5.47. The molecule has 1 heterocycles. The molecule has 1 N–H and O–H groups in total. The maximum absolute atomic E-state index is 13.1. The van der Waals surface area contributed by atoms with Crippen molar-refractivity contribution in [3.05, 3.63) is 0 Å². The van der Waals surface area contributed by atoms with Crippen LogP contribution in [0.25, 0.3) is 0 Å². The van der Waals surface area contributed by atoms with Crippen LogP contribution in [0.4, 0.5) is 4.39 Å². The maximum atomic E-state index is 13.1. The number of aliphatic carboxylic acids is 1. The molecule has 0 bridgehead atoms. The molecular weight excluding hydrogens is 139 g/mol. The van der Waals surface area contributed by atoms with Crippen LogP contribution in [0.5, 0.6) is 0 Å². The van der Waals surface area contributed by atoms with Crippen LogP contribution in [0.2, 0.25) is 0 Å². The van der Waals surface area contributed by atoms with Gasteiger partial charge in [0.2, 0.25) is 0 Å². The Hall–Kier alpha value is -0.640. The van der Waals surface area contributed by atoms with E-state index in [2.05, 4.69) is 0 Å². The predicted molar refractivity (Wildman–Crippen MR) is 31.5 cm³/mol. The summed E-state index contributed by atoms with van der Waals surface area (Å²) in [5.74, 6) is -1.10. The van der Waals surface area contributed by atoms with Gasteiger partial charge in [0.25, 0.3) is 0 Å². The summed E-state index contributed by atoms with van der Waals surface area (Å²) in [4.78, 5) is 10.1. The molecule has 1 unspecified atom stereocenters.